The molecule has 0 unspecified atom stereocenters. The zero-order valence-electron chi connectivity index (χ0n) is 13.6. The van der Waals surface area contributed by atoms with E-state index in [0.29, 0.717) is 6.04 Å². The number of hydrogen-bond donors (Lipinski definition) is 1. The number of amides is 1. The average molecular weight is 311 g/mol. The van der Waals surface area contributed by atoms with Crippen LogP contribution in [0.3, 0.4) is 0 Å². The van der Waals surface area contributed by atoms with Crippen molar-refractivity contribution in [1.29, 1.82) is 0 Å². The molecule has 1 aliphatic rings. The van der Waals surface area contributed by atoms with Crippen molar-refractivity contribution in [3.63, 3.8) is 0 Å². The molecule has 4 nitrogen and oxygen atoms in total. The highest BCUT2D eigenvalue weighted by Crippen LogP contribution is 2.17. The zero-order chi connectivity index (χ0) is 15.9. The third kappa shape index (κ3) is 4.68. The first kappa shape index (κ1) is 15.8. The Bertz CT molecular complexity index is 596. The molecule has 0 spiro atoms. The standard InChI is InChI=1S/C19H25N3O/c23-19(21-18-7-4-2-1-3-5-8-18)17-11-9-16(10-12-17)15-22-14-6-13-20-22/h6,9-14,18H,1-5,7-8,15H2,(H,21,23). The molecule has 1 fully saturated rings. The van der Waals surface area contributed by atoms with Crippen molar-refractivity contribution in [1.82, 2.24) is 15.1 Å². The Morgan fingerprint density at radius 1 is 1.09 bits per heavy atom. The lowest BCUT2D eigenvalue weighted by molar-refractivity contribution is 0.0930. The summed E-state index contributed by atoms with van der Waals surface area (Å²) in [5, 5.41) is 7.41. The van der Waals surface area contributed by atoms with Gasteiger partial charge in [0.25, 0.3) is 5.91 Å². The first-order valence-corrected chi connectivity index (χ1v) is 8.68. The number of rotatable bonds is 4. The predicted molar refractivity (Wildman–Crippen MR) is 91.3 cm³/mol. The average Bonchev–Trinajstić information content (AvgIpc) is 3.03. The summed E-state index contributed by atoms with van der Waals surface area (Å²) in [6, 6.07) is 10.1. The molecule has 1 aromatic carbocycles. The number of nitrogens with one attached hydrogen (secondary N) is 1. The molecule has 1 aliphatic carbocycles. The summed E-state index contributed by atoms with van der Waals surface area (Å²) in [7, 11) is 0. The van der Waals surface area contributed by atoms with E-state index in [1.807, 2.05) is 41.2 Å². The lowest BCUT2D eigenvalue weighted by atomic mass is 9.96. The minimum atomic E-state index is 0.0567. The quantitative estimate of drug-likeness (QED) is 0.934. The van der Waals surface area contributed by atoms with Gasteiger partial charge in [-0.2, -0.15) is 5.10 Å². The molecule has 23 heavy (non-hydrogen) atoms. The van der Waals surface area contributed by atoms with Crippen LogP contribution in [-0.2, 0) is 6.54 Å². The molecule has 1 saturated carbocycles. The SMILES string of the molecule is O=C(NC1CCCCCCC1)c1ccc(Cn2cccn2)cc1. The van der Waals surface area contributed by atoms with Crippen LogP contribution in [-0.4, -0.2) is 21.7 Å². The summed E-state index contributed by atoms with van der Waals surface area (Å²) < 4.78 is 1.88. The second-order valence-corrected chi connectivity index (χ2v) is 6.42. The predicted octanol–water partition coefficient (Wildman–Crippen LogP) is 3.77. The molecule has 122 valence electrons. The second-order valence-electron chi connectivity index (χ2n) is 6.42. The Balaban J connectivity index is 1.56. The fourth-order valence-electron chi connectivity index (χ4n) is 3.21. The van der Waals surface area contributed by atoms with Crippen molar-refractivity contribution < 1.29 is 4.79 Å². The van der Waals surface area contributed by atoms with E-state index in [1.54, 1.807) is 6.20 Å². The van der Waals surface area contributed by atoms with Crippen molar-refractivity contribution in [3.8, 4) is 0 Å². The molecule has 3 rings (SSSR count). The molecule has 1 heterocycles. The molecule has 0 saturated heterocycles. The molecular formula is C19H25N3O. The van der Waals surface area contributed by atoms with E-state index >= 15 is 0 Å². The van der Waals surface area contributed by atoms with Crippen molar-refractivity contribution in [2.24, 2.45) is 0 Å². The van der Waals surface area contributed by atoms with Gasteiger partial charge in [-0.25, -0.2) is 0 Å². The van der Waals surface area contributed by atoms with Crippen LogP contribution in [0.5, 0.6) is 0 Å². The van der Waals surface area contributed by atoms with Gasteiger partial charge in [-0.1, -0.05) is 44.2 Å². The fourth-order valence-corrected chi connectivity index (χ4v) is 3.21. The van der Waals surface area contributed by atoms with Crippen LogP contribution in [0.4, 0.5) is 0 Å². The summed E-state index contributed by atoms with van der Waals surface area (Å²) in [6.07, 6.45) is 12.3. The van der Waals surface area contributed by atoms with E-state index in [9.17, 15) is 4.79 Å². The van der Waals surface area contributed by atoms with Gasteiger partial charge < -0.3 is 5.32 Å². The van der Waals surface area contributed by atoms with Crippen LogP contribution < -0.4 is 5.32 Å². The molecule has 0 radical (unpaired) electrons. The maximum absolute atomic E-state index is 12.4. The maximum Gasteiger partial charge on any atom is 0.251 e. The van der Waals surface area contributed by atoms with Gasteiger partial charge in [0.15, 0.2) is 0 Å². The molecule has 1 aromatic heterocycles. The lowest BCUT2D eigenvalue weighted by Crippen LogP contribution is -2.35. The van der Waals surface area contributed by atoms with E-state index in [1.165, 1.54) is 32.1 Å². The zero-order valence-corrected chi connectivity index (χ0v) is 13.6. The highest BCUT2D eigenvalue weighted by Gasteiger charge is 2.15. The van der Waals surface area contributed by atoms with E-state index in [2.05, 4.69) is 10.4 Å². The van der Waals surface area contributed by atoms with Gasteiger partial charge >= 0.3 is 0 Å². The smallest absolute Gasteiger partial charge is 0.251 e. The van der Waals surface area contributed by atoms with E-state index in [4.69, 9.17) is 0 Å². The normalized spacial score (nSPS) is 16.5. The van der Waals surface area contributed by atoms with Gasteiger partial charge in [-0.05, 0) is 36.6 Å². The topological polar surface area (TPSA) is 46.9 Å². The van der Waals surface area contributed by atoms with Gasteiger partial charge in [0.2, 0.25) is 0 Å². The van der Waals surface area contributed by atoms with Crippen LogP contribution >= 0.6 is 0 Å². The number of carbonyl (C=O) groups is 1. The Labute approximate surface area is 137 Å². The molecule has 2 aromatic rings. The van der Waals surface area contributed by atoms with Gasteiger partial charge in [-0.15, -0.1) is 0 Å². The molecular weight excluding hydrogens is 286 g/mol. The van der Waals surface area contributed by atoms with Crippen LogP contribution in [0.1, 0.15) is 60.9 Å². The molecule has 0 bridgehead atoms. The van der Waals surface area contributed by atoms with Crippen molar-refractivity contribution in [2.45, 2.75) is 57.5 Å². The Kier molecular flexibility index (Phi) is 5.46. The lowest BCUT2D eigenvalue weighted by Gasteiger charge is -2.21. The summed E-state index contributed by atoms with van der Waals surface area (Å²) >= 11 is 0. The Morgan fingerprint density at radius 2 is 1.78 bits per heavy atom. The Hall–Kier alpha value is -2.10. The number of carbonyl (C=O) groups excluding carboxylic acids is 1. The number of aromatic nitrogens is 2. The summed E-state index contributed by atoms with van der Waals surface area (Å²) in [5.74, 6) is 0.0567. The van der Waals surface area contributed by atoms with Gasteiger partial charge in [-0.3, -0.25) is 9.48 Å². The van der Waals surface area contributed by atoms with Crippen molar-refractivity contribution in [3.05, 3.63) is 53.9 Å². The van der Waals surface area contributed by atoms with E-state index in [0.717, 1.165) is 30.5 Å². The van der Waals surface area contributed by atoms with Crippen molar-refractivity contribution >= 4 is 5.91 Å². The number of hydrogen-bond acceptors (Lipinski definition) is 2. The molecule has 1 amide bonds. The largest absolute Gasteiger partial charge is 0.349 e. The summed E-state index contributed by atoms with van der Waals surface area (Å²) in [5.41, 5.74) is 1.90. The number of nitrogens with zero attached hydrogens (tertiary/aromatic N) is 2. The Morgan fingerprint density at radius 3 is 2.43 bits per heavy atom. The minimum Gasteiger partial charge on any atom is -0.349 e. The van der Waals surface area contributed by atoms with Crippen LogP contribution in [0.2, 0.25) is 0 Å². The van der Waals surface area contributed by atoms with Gasteiger partial charge in [0.1, 0.15) is 0 Å². The van der Waals surface area contributed by atoms with Gasteiger partial charge in [0, 0.05) is 24.0 Å². The third-order valence-corrected chi connectivity index (χ3v) is 4.56. The monoisotopic (exact) mass is 311 g/mol. The highest BCUT2D eigenvalue weighted by atomic mass is 16.1. The third-order valence-electron chi connectivity index (χ3n) is 4.56. The molecule has 0 aliphatic heterocycles. The summed E-state index contributed by atoms with van der Waals surface area (Å²) in [4.78, 5) is 12.4. The van der Waals surface area contributed by atoms with Gasteiger partial charge in [0.05, 0.1) is 6.54 Å². The van der Waals surface area contributed by atoms with Crippen LogP contribution in [0.15, 0.2) is 42.7 Å². The van der Waals surface area contributed by atoms with Crippen molar-refractivity contribution in [2.75, 3.05) is 0 Å². The maximum atomic E-state index is 12.4. The van der Waals surface area contributed by atoms with E-state index < -0.39 is 0 Å². The fraction of sp³-hybridized carbons (Fsp3) is 0.474. The second kappa shape index (κ2) is 7.95. The molecule has 1 N–H and O–H groups in total. The molecule has 4 heteroatoms. The van der Waals surface area contributed by atoms with Crippen LogP contribution in [0, 0.1) is 0 Å². The highest BCUT2D eigenvalue weighted by molar-refractivity contribution is 5.94. The first-order chi connectivity index (χ1) is 11.3. The van der Waals surface area contributed by atoms with Crippen LogP contribution in [0.25, 0.3) is 0 Å². The van der Waals surface area contributed by atoms with E-state index in [-0.39, 0.29) is 5.91 Å². The first-order valence-electron chi connectivity index (χ1n) is 8.68. The summed E-state index contributed by atoms with van der Waals surface area (Å²) in [6.45, 7) is 0.734. The molecule has 0 atom stereocenters. The number of benzene rings is 1. The minimum absolute atomic E-state index is 0.0567.